The molecular weight excluding hydrogens is 172 g/mol. The van der Waals surface area contributed by atoms with Gasteiger partial charge < -0.3 is 5.32 Å². The second-order valence-corrected chi connectivity index (χ2v) is 3.29. The van der Waals surface area contributed by atoms with E-state index in [4.69, 9.17) is 0 Å². The van der Waals surface area contributed by atoms with Gasteiger partial charge in [0.15, 0.2) is 0 Å². The molecule has 2 heteroatoms. The van der Waals surface area contributed by atoms with Crippen LogP contribution in [0.1, 0.15) is 5.56 Å². The van der Waals surface area contributed by atoms with Crippen LogP contribution in [-0.2, 0) is 0 Å². The predicted molar refractivity (Wildman–Crippen MR) is 58.6 cm³/mol. The van der Waals surface area contributed by atoms with Gasteiger partial charge in [-0.2, -0.15) is 0 Å². The molecule has 2 aliphatic heterocycles. The van der Waals surface area contributed by atoms with Gasteiger partial charge in [0, 0.05) is 34.7 Å². The SMILES string of the molecule is C1=CNc2ccc3c(c2=C1)=C[N]C=C3. The molecular formula is C12H9N2. The first kappa shape index (κ1) is 7.44. The molecule has 0 atom stereocenters. The number of anilines is 1. The molecule has 3 rings (SSSR count). The summed E-state index contributed by atoms with van der Waals surface area (Å²) < 4.78 is 0. The normalized spacial score (nSPS) is 15.4. The molecule has 2 heterocycles. The molecule has 0 bridgehead atoms. The van der Waals surface area contributed by atoms with Gasteiger partial charge in [0.25, 0.3) is 0 Å². The smallest absolute Gasteiger partial charge is 0.0460 e. The summed E-state index contributed by atoms with van der Waals surface area (Å²) in [5.74, 6) is 0. The summed E-state index contributed by atoms with van der Waals surface area (Å²) in [5, 5.41) is 9.78. The van der Waals surface area contributed by atoms with Crippen molar-refractivity contribution >= 4 is 24.0 Å². The lowest BCUT2D eigenvalue weighted by Gasteiger charge is -2.10. The van der Waals surface area contributed by atoms with E-state index in [0.717, 1.165) is 5.69 Å². The zero-order valence-corrected chi connectivity index (χ0v) is 7.57. The molecule has 0 saturated carbocycles. The molecule has 0 aromatic heterocycles. The fraction of sp³-hybridized carbons (Fsp3) is 0. The molecule has 0 spiro atoms. The molecule has 67 valence electrons. The molecule has 0 aliphatic carbocycles. The van der Waals surface area contributed by atoms with E-state index in [-0.39, 0.29) is 0 Å². The predicted octanol–water partition coefficient (Wildman–Crippen LogP) is 0.733. The minimum Gasteiger partial charge on any atom is -0.361 e. The van der Waals surface area contributed by atoms with Gasteiger partial charge in [-0.05, 0) is 23.8 Å². The molecule has 0 fully saturated rings. The Morgan fingerprint density at radius 3 is 3.14 bits per heavy atom. The maximum absolute atomic E-state index is 4.15. The highest BCUT2D eigenvalue weighted by molar-refractivity contribution is 5.66. The second-order valence-electron chi connectivity index (χ2n) is 3.29. The average Bonchev–Trinajstić information content (AvgIpc) is 2.29. The summed E-state index contributed by atoms with van der Waals surface area (Å²) in [7, 11) is 0. The van der Waals surface area contributed by atoms with Crippen molar-refractivity contribution in [1.82, 2.24) is 5.32 Å². The molecule has 0 amide bonds. The van der Waals surface area contributed by atoms with Crippen molar-refractivity contribution in [3.63, 3.8) is 0 Å². The minimum absolute atomic E-state index is 1.15. The summed E-state index contributed by atoms with van der Waals surface area (Å²) in [4.78, 5) is 0. The number of nitrogens with one attached hydrogen (secondary N) is 1. The van der Waals surface area contributed by atoms with E-state index in [1.165, 1.54) is 16.0 Å². The molecule has 2 aliphatic rings. The highest BCUT2D eigenvalue weighted by Gasteiger charge is 2.03. The Hall–Kier alpha value is -1.96. The van der Waals surface area contributed by atoms with Crippen LogP contribution in [0.15, 0.2) is 30.6 Å². The Morgan fingerprint density at radius 1 is 1.14 bits per heavy atom. The molecule has 0 saturated heterocycles. The van der Waals surface area contributed by atoms with Crippen LogP contribution < -0.4 is 21.1 Å². The van der Waals surface area contributed by atoms with Gasteiger partial charge in [0.1, 0.15) is 0 Å². The number of fused-ring (bicyclic) bond motifs is 3. The molecule has 0 unspecified atom stereocenters. The first-order chi connectivity index (χ1) is 6.95. The van der Waals surface area contributed by atoms with E-state index in [0.29, 0.717) is 0 Å². The van der Waals surface area contributed by atoms with Crippen molar-refractivity contribution in [2.45, 2.75) is 0 Å². The van der Waals surface area contributed by atoms with Crippen LogP contribution in [0, 0.1) is 0 Å². The van der Waals surface area contributed by atoms with Crippen molar-refractivity contribution in [3.8, 4) is 0 Å². The van der Waals surface area contributed by atoms with Gasteiger partial charge in [0.05, 0.1) is 0 Å². The van der Waals surface area contributed by atoms with Crippen LogP contribution in [0.3, 0.4) is 0 Å². The maximum atomic E-state index is 4.15. The number of benzene rings is 1. The third-order valence-corrected chi connectivity index (χ3v) is 2.46. The Morgan fingerprint density at radius 2 is 2.14 bits per heavy atom. The first-order valence-electron chi connectivity index (χ1n) is 4.58. The van der Waals surface area contributed by atoms with Crippen LogP contribution in [0.2, 0.25) is 0 Å². The van der Waals surface area contributed by atoms with Gasteiger partial charge in [0.2, 0.25) is 0 Å². The number of rotatable bonds is 0. The van der Waals surface area contributed by atoms with Crippen molar-refractivity contribution in [1.29, 1.82) is 0 Å². The Bertz CT molecular complexity index is 550. The average molecular weight is 181 g/mol. The van der Waals surface area contributed by atoms with E-state index in [1.807, 2.05) is 30.8 Å². The quantitative estimate of drug-likeness (QED) is 0.627. The van der Waals surface area contributed by atoms with Crippen molar-refractivity contribution in [2.75, 3.05) is 5.32 Å². The first-order valence-corrected chi connectivity index (χ1v) is 4.58. The summed E-state index contributed by atoms with van der Waals surface area (Å²) in [6, 6.07) is 4.20. The third-order valence-electron chi connectivity index (χ3n) is 2.46. The number of allylic oxidation sites excluding steroid dienone is 1. The largest absolute Gasteiger partial charge is 0.361 e. The molecule has 2 nitrogen and oxygen atoms in total. The fourth-order valence-electron chi connectivity index (χ4n) is 1.77. The monoisotopic (exact) mass is 181 g/mol. The summed E-state index contributed by atoms with van der Waals surface area (Å²) >= 11 is 0. The summed E-state index contributed by atoms with van der Waals surface area (Å²) in [6.07, 6.45) is 11.8. The zero-order valence-electron chi connectivity index (χ0n) is 7.57. The molecule has 1 aromatic rings. The van der Waals surface area contributed by atoms with Gasteiger partial charge in [-0.1, -0.05) is 12.1 Å². The fourth-order valence-corrected chi connectivity index (χ4v) is 1.77. The molecule has 1 aromatic carbocycles. The molecule has 14 heavy (non-hydrogen) atoms. The minimum atomic E-state index is 1.15. The van der Waals surface area contributed by atoms with Crippen LogP contribution in [-0.4, -0.2) is 0 Å². The topological polar surface area (TPSA) is 26.1 Å². The van der Waals surface area contributed by atoms with E-state index < -0.39 is 0 Å². The molecule has 1 radical (unpaired) electrons. The number of hydrogen-bond acceptors (Lipinski definition) is 1. The lowest BCUT2D eigenvalue weighted by atomic mass is 10.1. The Balaban J connectivity index is 2.46. The van der Waals surface area contributed by atoms with Gasteiger partial charge >= 0.3 is 0 Å². The van der Waals surface area contributed by atoms with E-state index in [1.54, 1.807) is 0 Å². The van der Waals surface area contributed by atoms with Crippen molar-refractivity contribution in [3.05, 3.63) is 46.6 Å². The molecule has 1 N–H and O–H groups in total. The second kappa shape index (κ2) is 2.77. The Labute approximate surface area is 82.0 Å². The maximum Gasteiger partial charge on any atom is 0.0460 e. The van der Waals surface area contributed by atoms with E-state index in [2.05, 4.69) is 28.8 Å². The van der Waals surface area contributed by atoms with E-state index >= 15 is 0 Å². The van der Waals surface area contributed by atoms with Crippen molar-refractivity contribution < 1.29 is 0 Å². The van der Waals surface area contributed by atoms with E-state index in [9.17, 15) is 0 Å². The zero-order chi connectivity index (χ0) is 9.38. The van der Waals surface area contributed by atoms with Crippen LogP contribution in [0.4, 0.5) is 5.69 Å². The standard InChI is InChI=1S/C12H9N2/c1-2-10-11-8-13-7-5-9(11)3-4-12(10)14-6-1/h1-8,14H. The third kappa shape index (κ3) is 0.973. The highest BCUT2D eigenvalue weighted by Crippen LogP contribution is 2.05. The highest BCUT2D eigenvalue weighted by atomic mass is 14.8. The Kier molecular flexibility index (Phi) is 1.47. The van der Waals surface area contributed by atoms with Crippen LogP contribution in [0.5, 0.6) is 0 Å². The number of hydrogen-bond donors (Lipinski definition) is 1. The van der Waals surface area contributed by atoms with Gasteiger partial charge in [-0.15, -0.1) is 0 Å². The number of nitrogens with zero attached hydrogens (tertiary/aromatic N) is 1. The van der Waals surface area contributed by atoms with Crippen molar-refractivity contribution in [2.24, 2.45) is 0 Å². The van der Waals surface area contributed by atoms with Gasteiger partial charge in [-0.25, -0.2) is 0 Å². The summed E-state index contributed by atoms with van der Waals surface area (Å²) in [6.45, 7) is 0. The van der Waals surface area contributed by atoms with Crippen LogP contribution in [0.25, 0.3) is 18.4 Å². The van der Waals surface area contributed by atoms with Gasteiger partial charge in [-0.3, -0.25) is 5.32 Å². The lowest BCUT2D eigenvalue weighted by molar-refractivity contribution is 1.22. The van der Waals surface area contributed by atoms with Crippen LogP contribution >= 0.6 is 0 Å². The summed E-state index contributed by atoms with van der Waals surface area (Å²) in [5.41, 5.74) is 2.38. The lowest BCUT2D eigenvalue weighted by Crippen LogP contribution is -2.32.